The molecule has 1 fully saturated rings. The van der Waals surface area contributed by atoms with Crippen LogP contribution in [-0.2, 0) is 22.6 Å². The lowest BCUT2D eigenvalue weighted by atomic mass is 10.0. The topological polar surface area (TPSA) is 128 Å². The van der Waals surface area contributed by atoms with Crippen molar-refractivity contribution >= 4 is 35.3 Å². The predicted octanol–water partition coefficient (Wildman–Crippen LogP) is 4.72. The Bertz CT molecular complexity index is 1530. The lowest BCUT2D eigenvalue weighted by molar-refractivity contribution is -0.384. The zero-order chi connectivity index (χ0) is 28.1. The van der Waals surface area contributed by atoms with Gasteiger partial charge in [0.2, 0.25) is 0 Å². The minimum absolute atomic E-state index is 0.00815. The molecule has 0 radical (unpaired) electrons. The molecule has 0 saturated carbocycles. The average molecular weight is 531 g/mol. The number of hydrogen-bond donors (Lipinski definition) is 1. The largest absolute Gasteiger partial charge is 0.493 e. The highest BCUT2D eigenvalue weighted by Crippen LogP contribution is 2.35. The summed E-state index contributed by atoms with van der Waals surface area (Å²) in [5.74, 6) is -1.87. The first-order valence-corrected chi connectivity index (χ1v) is 11.6. The quantitative estimate of drug-likeness (QED) is 0.139. The Morgan fingerprint density at radius 3 is 2.56 bits per heavy atom. The maximum absolute atomic E-state index is 13.7. The number of urea groups is 1. The number of amides is 4. The molecule has 39 heavy (non-hydrogen) atoms. The van der Waals surface area contributed by atoms with Crippen LogP contribution in [-0.4, -0.2) is 29.9 Å². The number of benzene rings is 3. The Morgan fingerprint density at radius 1 is 1.10 bits per heavy atom. The van der Waals surface area contributed by atoms with E-state index in [1.165, 1.54) is 43.5 Å². The van der Waals surface area contributed by atoms with E-state index in [0.717, 1.165) is 12.1 Å². The standard InChI is InChI=1S/C28H22FN3O7/c1-3-6-19-11-18(14-24(38-2)25(19)39-16-17-7-4-10-22(12-17)32(36)37)13-23-26(33)30-28(35)31(27(23)34)21-9-5-8-20(29)15-21/h3-5,7-15H,1,6,16H2,2H3,(H,30,33,35)/b23-13+. The molecule has 1 aliphatic rings. The Kier molecular flexibility index (Phi) is 7.80. The number of carbonyl (C=O) groups excluding carboxylic acids is 3. The van der Waals surface area contributed by atoms with Crippen molar-refractivity contribution in [3.63, 3.8) is 0 Å². The number of allylic oxidation sites excluding steroid dienone is 1. The minimum Gasteiger partial charge on any atom is -0.493 e. The van der Waals surface area contributed by atoms with Crippen molar-refractivity contribution in [1.82, 2.24) is 5.32 Å². The summed E-state index contributed by atoms with van der Waals surface area (Å²) in [5.41, 5.74) is 1.09. The number of nitrogens with zero attached hydrogens (tertiary/aromatic N) is 2. The summed E-state index contributed by atoms with van der Waals surface area (Å²) in [6.45, 7) is 3.76. The maximum Gasteiger partial charge on any atom is 0.335 e. The van der Waals surface area contributed by atoms with Gasteiger partial charge in [-0.05, 0) is 54.0 Å². The van der Waals surface area contributed by atoms with Crippen LogP contribution >= 0.6 is 0 Å². The lowest BCUT2D eigenvalue weighted by Crippen LogP contribution is -2.54. The number of ether oxygens (including phenoxy) is 2. The fourth-order valence-corrected chi connectivity index (χ4v) is 3.98. The molecule has 0 bridgehead atoms. The van der Waals surface area contributed by atoms with Gasteiger partial charge in [0.15, 0.2) is 11.5 Å². The maximum atomic E-state index is 13.7. The number of nitro benzene ring substituents is 1. The number of rotatable bonds is 9. The lowest BCUT2D eigenvalue weighted by Gasteiger charge is -2.26. The normalized spacial score (nSPS) is 14.3. The van der Waals surface area contributed by atoms with E-state index in [2.05, 4.69) is 11.9 Å². The summed E-state index contributed by atoms with van der Waals surface area (Å²) in [6.07, 6.45) is 3.23. The van der Waals surface area contributed by atoms with Crippen LogP contribution in [0.25, 0.3) is 6.08 Å². The SMILES string of the molecule is C=CCc1cc(/C=C2\C(=O)NC(=O)N(c3cccc(F)c3)C2=O)cc(OC)c1OCc1cccc([N+](=O)[O-])c1. The third kappa shape index (κ3) is 5.82. The van der Waals surface area contributed by atoms with Gasteiger partial charge in [-0.25, -0.2) is 14.1 Å². The minimum atomic E-state index is -0.998. The van der Waals surface area contributed by atoms with Gasteiger partial charge < -0.3 is 9.47 Å². The van der Waals surface area contributed by atoms with Crippen molar-refractivity contribution in [2.75, 3.05) is 12.0 Å². The van der Waals surface area contributed by atoms with Crippen molar-refractivity contribution in [3.8, 4) is 11.5 Å². The zero-order valence-corrected chi connectivity index (χ0v) is 20.7. The second-order valence-corrected chi connectivity index (χ2v) is 8.36. The third-order valence-corrected chi connectivity index (χ3v) is 5.72. The van der Waals surface area contributed by atoms with E-state index in [-0.39, 0.29) is 29.3 Å². The first kappa shape index (κ1) is 26.7. The van der Waals surface area contributed by atoms with Gasteiger partial charge in [-0.3, -0.25) is 25.0 Å². The van der Waals surface area contributed by atoms with Gasteiger partial charge in [0.1, 0.15) is 18.0 Å². The highest BCUT2D eigenvalue weighted by Gasteiger charge is 2.37. The molecule has 10 nitrogen and oxygen atoms in total. The summed E-state index contributed by atoms with van der Waals surface area (Å²) in [4.78, 5) is 49.4. The number of halogens is 1. The second-order valence-electron chi connectivity index (χ2n) is 8.36. The first-order valence-electron chi connectivity index (χ1n) is 11.6. The van der Waals surface area contributed by atoms with Gasteiger partial charge in [-0.15, -0.1) is 6.58 Å². The number of anilines is 1. The highest BCUT2D eigenvalue weighted by molar-refractivity contribution is 6.39. The number of imide groups is 2. The molecule has 1 N–H and O–H groups in total. The Hall–Kier alpha value is -5.32. The van der Waals surface area contributed by atoms with Crippen LogP contribution in [0, 0.1) is 15.9 Å². The molecule has 0 aliphatic carbocycles. The van der Waals surface area contributed by atoms with Crippen LogP contribution in [0.15, 0.2) is 78.9 Å². The van der Waals surface area contributed by atoms with Crippen LogP contribution in [0.3, 0.4) is 0 Å². The van der Waals surface area contributed by atoms with Gasteiger partial charge in [0.25, 0.3) is 17.5 Å². The molecule has 3 aromatic rings. The molecule has 0 aromatic heterocycles. The average Bonchev–Trinajstić information content (AvgIpc) is 2.90. The molecule has 0 spiro atoms. The summed E-state index contributed by atoms with van der Waals surface area (Å²) in [6, 6.07) is 13.1. The molecule has 11 heteroatoms. The third-order valence-electron chi connectivity index (χ3n) is 5.72. The summed E-state index contributed by atoms with van der Waals surface area (Å²) >= 11 is 0. The van der Waals surface area contributed by atoms with Crippen LogP contribution in [0.1, 0.15) is 16.7 Å². The van der Waals surface area contributed by atoms with E-state index >= 15 is 0 Å². The first-order chi connectivity index (χ1) is 18.7. The number of hydrogen-bond acceptors (Lipinski definition) is 7. The Labute approximate surface area is 222 Å². The second kappa shape index (κ2) is 11.4. The van der Waals surface area contributed by atoms with Gasteiger partial charge in [0, 0.05) is 17.7 Å². The highest BCUT2D eigenvalue weighted by atomic mass is 19.1. The van der Waals surface area contributed by atoms with Crippen LogP contribution in [0.2, 0.25) is 0 Å². The molecule has 0 unspecified atom stereocenters. The summed E-state index contributed by atoms with van der Waals surface area (Å²) in [7, 11) is 1.41. The van der Waals surface area contributed by atoms with E-state index in [1.807, 2.05) is 0 Å². The van der Waals surface area contributed by atoms with E-state index in [9.17, 15) is 28.9 Å². The number of methoxy groups -OCH3 is 1. The molecule has 4 rings (SSSR count). The predicted molar refractivity (Wildman–Crippen MR) is 140 cm³/mol. The number of nitrogens with one attached hydrogen (secondary N) is 1. The Morgan fingerprint density at radius 2 is 1.87 bits per heavy atom. The molecule has 0 atom stereocenters. The van der Waals surface area contributed by atoms with Crippen LogP contribution in [0.4, 0.5) is 20.6 Å². The Balaban J connectivity index is 1.69. The fraction of sp³-hybridized carbons (Fsp3) is 0.107. The number of barbiturate groups is 1. The molecule has 4 amide bonds. The van der Waals surface area contributed by atoms with Crippen molar-refractivity contribution in [2.24, 2.45) is 0 Å². The van der Waals surface area contributed by atoms with E-state index in [4.69, 9.17) is 9.47 Å². The summed E-state index contributed by atoms with van der Waals surface area (Å²) < 4.78 is 25.2. The van der Waals surface area contributed by atoms with Gasteiger partial charge >= 0.3 is 6.03 Å². The van der Waals surface area contributed by atoms with Gasteiger partial charge in [-0.2, -0.15) is 0 Å². The molecule has 1 aliphatic heterocycles. The van der Waals surface area contributed by atoms with Crippen molar-refractivity contribution in [3.05, 3.63) is 112 Å². The van der Waals surface area contributed by atoms with Crippen molar-refractivity contribution in [1.29, 1.82) is 0 Å². The van der Waals surface area contributed by atoms with Crippen molar-refractivity contribution in [2.45, 2.75) is 13.0 Å². The van der Waals surface area contributed by atoms with Gasteiger partial charge in [0.05, 0.1) is 17.7 Å². The van der Waals surface area contributed by atoms with E-state index in [0.29, 0.717) is 33.8 Å². The van der Waals surface area contributed by atoms with E-state index in [1.54, 1.807) is 24.3 Å². The monoisotopic (exact) mass is 531 g/mol. The molecular formula is C28H22FN3O7. The number of carbonyl (C=O) groups is 3. The van der Waals surface area contributed by atoms with Crippen LogP contribution < -0.4 is 19.7 Å². The van der Waals surface area contributed by atoms with Crippen LogP contribution in [0.5, 0.6) is 11.5 Å². The molecule has 3 aromatic carbocycles. The number of nitro groups is 1. The number of non-ortho nitro benzene ring substituents is 1. The molecular weight excluding hydrogens is 509 g/mol. The summed E-state index contributed by atoms with van der Waals surface area (Å²) in [5, 5.41) is 13.2. The van der Waals surface area contributed by atoms with Crippen molar-refractivity contribution < 1.29 is 33.2 Å². The molecule has 1 saturated heterocycles. The van der Waals surface area contributed by atoms with Gasteiger partial charge in [-0.1, -0.05) is 24.3 Å². The molecule has 1 heterocycles. The fourth-order valence-electron chi connectivity index (χ4n) is 3.98. The smallest absolute Gasteiger partial charge is 0.335 e. The molecule has 198 valence electrons. The zero-order valence-electron chi connectivity index (χ0n) is 20.7. The van der Waals surface area contributed by atoms with E-state index < -0.39 is 28.6 Å².